The number of alkyl carbamates (subject to hydrolysis) is 1. The van der Waals surface area contributed by atoms with Crippen molar-refractivity contribution in [1.82, 2.24) is 9.62 Å². The molecule has 1 amide bonds. The minimum Gasteiger partial charge on any atom is -0.449 e. The van der Waals surface area contributed by atoms with Crippen molar-refractivity contribution in [2.24, 2.45) is 11.8 Å². The number of aliphatic hydroxyl groups is 1. The number of nitrogens with zero attached hydrogens (tertiary/aromatic N) is 1. The molecule has 3 aromatic rings. The summed E-state index contributed by atoms with van der Waals surface area (Å²) in [7, 11) is -4.05. The number of hydrogen-bond acceptors (Lipinski definition) is 9. The number of ether oxygens (including phenoxy) is 3. The second kappa shape index (κ2) is 16.5. The monoisotopic (exact) mass is 752 g/mol. The molecule has 3 heterocycles. The number of carbonyl (C=O) groups is 1. The van der Waals surface area contributed by atoms with Crippen LogP contribution in [0.15, 0.2) is 62.5 Å². The van der Waals surface area contributed by atoms with Gasteiger partial charge in [-0.1, -0.05) is 57.5 Å². The zero-order chi connectivity index (χ0) is 33.6. The van der Waals surface area contributed by atoms with Crippen LogP contribution >= 0.6 is 27.7 Å². The van der Waals surface area contributed by atoms with E-state index in [1.54, 1.807) is 30.0 Å². The summed E-state index contributed by atoms with van der Waals surface area (Å²) in [5.41, 5.74) is 2.40. The molecule has 2 N–H and O–H groups in total. The lowest BCUT2D eigenvalue weighted by atomic mass is 10.0. The Kier molecular flexibility index (Phi) is 12.7. The maximum absolute atomic E-state index is 14.2. The summed E-state index contributed by atoms with van der Waals surface area (Å²) in [4.78, 5) is 13.3. The van der Waals surface area contributed by atoms with Gasteiger partial charge < -0.3 is 29.1 Å². The van der Waals surface area contributed by atoms with Crippen LogP contribution in [0, 0.1) is 11.8 Å². The number of amides is 1. The van der Waals surface area contributed by atoms with Gasteiger partial charge in [0, 0.05) is 29.8 Å². The van der Waals surface area contributed by atoms with E-state index in [9.17, 15) is 18.3 Å². The number of aliphatic hydroxyl groups excluding tert-OH is 1. The fraction of sp³-hybridized carbons (Fsp3) is 0.559. The Bertz CT molecular complexity index is 1590. The predicted octanol–water partition coefficient (Wildman–Crippen LogP) is 6.34. The van der Waals surface area contributed by atoms with E-state index in [4.69, 9.17) is 18.6 Å². The van der Waals surface area contributed by atoms with Gasteiger partial charge in [0.2, 0.25) is 10.0 Å². The minimum atomic E-state index is -4.05. The molecule has 0 spiro atoms. The van der Waals surface area contributed by atoms with Gasteiger partial charge in [-0.2, -0.15) is 16.1 Å². The highest BCUT2D eigenvalue weighted by atomic mass is 79.9. The van der Waals surface area contributed by atoms with Crippen LogP contribution in [0.3, 0.4) is 0 Å². The van der Waals surface area contributed by atoms with Crippen molar-refractivity contribution in [1.29, 1.82) is 0 Å². The highest BCUT2D eigenvalue weighted by Crippen LogP contribution is 2.36. The molecule has 0 aliphatic carbocycles. The number of sulfonamides is 1. The molecule has 2 saturated heterocycles. The Hall–Kier alpha value is -2.13. The van der Waals surface area contributed by atoms with E-state index in [1.165, 1.54) is 4.31 Å². The molecule has 1 unspecified atom stereocenters. The lowest BCUT2D eigenvalue weighted by molar-refractivity contribution is -0.0907. The van der Waals surface area contributed by atoms with Crippen LogP contribution in [0.2, 0.25) is 0 Å². The fourth-order valence-electron chi connectivity index (χ4n) is 6.00. The molecule has 2 aliphatic rings. The van der Waals surface area contributed by atoms with E-state index < -0.39 is 34.4 Å². The largest absolute Gasteiger partial charge is 0.449 e. The Morgan fingerprint density at radius 2 is 1.96 bits per heavy atom. The van der Waals surface area contributed by atoms with Gasteiger partial charge in [-0.05, 0) is 70.6 Å². The van der Waals surface area contributed by atoms with Crippen molar-refractivity contribution in [3.8, 4) is 0 Å². The summed E-state index contributed by atoms with van der Waals surface area (Å²) in [6.07, 6.45) is 0.468. The Labute approximate surface area is 290 Å². The van der Waals surface area contributed by atoms with Crippen molar-refractivity contribution in [2.45, 2.75) is 81.6 Å². The summed E-state index contributed by atoms with van der Waals surface area (Å²) in [5.74, 6) is 1.64. The number of thioether (sulfide) groups is 1. The first-order chi connectivity index (χ1) is 22.6. The molecule has 5 atom stereocenters. The number of furan rings is 1. The van der Waals surface area contributed by atoms with Gasteiger partial charge in [0.05, 0.1) is 36.2 Å². The number of fused-ring (bicyclic) bond motifs is 2. The number of carbonyl (C=O) groups excluding carboxylic acids is 1. The third-order valence-electron chi connectivity index (χ3n) is 8.51. The molecule has 5 rings (SSSR count). The zero-order valence-corrected chi connectivity index (χ0v) is 30.3. The maximum atomic E-state index is 14.2. The number of benzene rings is 2. The second-order valence-electron chi connectivity index (χ2n) is 12.6. The normalized spacial score (nSPS) is 21.0. The topological polar surface area (TPSA) is 128 Å². The molecule has 47 heavy (non-hydrogen) atoms. The van der Waals surface area contributed by atoms with Crippen LogP contribution in [0.4, 0.5) is 4.79 Å². The number of halogens is 1. The molecule has 13 heteroatoms. The quantitative estimate of drug-likeness (QED) is 0.161. The third kappa shape index (κ3) is 9.11. The van der Waals surface area contributed by atoms with Crippen LogP contribution in [0.5, 0.6) is 0 Å². The zero-order valence-electron chi connectivity index (χ0n) is 27.1. The van der Waals surface area contributed by atoms with Crippen molar-refractivity contribution in [3.63, 3.8) is 0 Å². The fourth-order valence-corrected chi connectivity index (χ4v) is 9.49. The molecule has 0 radical (unpaired) electrons. The second-order valence-corrected chi connectivity index (χ2v) is 16.4. The molecule has 0 saturated carbocycles. The van der Waals surface area contributed by atoms with Gasteiger partial charge in [-0.25, -0.2) is 13.2 Å². The van der Waals surface area contributed by atoms with Crippen molar-refractivity contribution in [3.05, 3.63) is 64.3 Å². The van der Waals surface area contributed by atoms with Crippen LogP contribution in [-0.2, 0) is 36.4 Å². The summed E-state index contributed by atoms with van der Waals surface area (Å²) < 4.78 is 53.2. The number of hydrogen-bond donors (Lipinski definition) is 2. The Morgan fingerprint density at radius 3 is 2.70 bits per heavy atom. The SMILES string of the molecule is CCCCSCc1c(Br)oc2ccc(S(=O)(=O)N(CC(C)C)C[C@@H](O)[C@H](Cc3ccccc3)NC(=O)OC3CO[C@H]4OCC[C@@H]34)cc12. The number of unbranched alkanes of at least 4 members (excludes halogenated alkanes) is 1. The van der Waals surface area contributed by atoms with Gasteiger partial charge in [-0.3, -0.25) is 0 Å². The van der Waals surface area contributed by atoms with Gasteiger partial charge in [0.1, 0.15) is 11.7 Å². The first kappa shape index (κ1) is 36.2. The highest BCUT2D eigenvalue weighted by Gasteiger charge is 2.44. The van der Waals surface area contributed by atoms with Crippen LogP contribution in [0.25, 0.3) is 11.0 Å². The van der Waals surface area contributed by atoms with E-state index in [0.29, 0.717) is 22.6 Å². The first-order valence-electron chi connectivity index (χ1n) is 16.3. The average molecular weight is 754 g/mol. The predicted molar refractivity (Wildman–Crippen MR) is 186 cm³/mol. The van der Waals surface area contributed by atoms with Crippen LogP contribution in [-0.4, -0.2) is 80.5 Å². The highest BCUT2D eigenvalue weighted by molar-refractivity contribution is 9.10. The van der Waals surface area contributed by atoms with Gasteiger partial charge in [0.15, 0.2) is 11.0 Å². The summed E-state index contributed by atoms with van der Waals surface area (Å²) >= 11 is 5.30. The molecule has 258 valence electrons. The lowest BCUT2D eigenvalue weighted by Gasteiger charge is -2.31. The molecule has 2 aliphatic heterocycles. The molecule has 0 bridgehead atoms. The van der Waals surface area contributed by atoms with Crippen LogP contribution < -0.4 is 5.32 Å². The number of rotatable bonds is 16. The van der Waals surface area contributed by atoms with Gasteiger partial charge in [0.25, 0.3) is 0 Å². The van der Waals surface area contributed by atoms with Crippen LogP contribution in [0.1, 0.15) is 51.2 Å². The molecule has 10 nitrogen and oxygen atoms in total. The first-order valence-corrected chi connectivity index (χ1v) is 19.7. The molecule has 2 fully saturated rings. The van der Waals surface area contributed by atoms with E-state index in [0.717, 1.165) is 41.5 Å². The third-order valence-corrected chi connectivity index (χ3v) is 12.0. The summed E-state index contributed by atoms with van der Waals surface area (Å²) in [6, 6.07) is 13.5. The smallest absolute Gasteiger partial charge is 0.407 e. The molecule has 2 aromatic carbocycles. The van der Waals surface area contributed by atoms with E-state index in [1.807, 2.05) is 44.2 Å². The van der Waals surface area contributed by atoms with E-state index in [2.05, 4.69) is 28.2 Å². The van der Waals surface area contributed by atoms with Gasteiger partial charge >= 0.3 is 6.09 Å². The Balaban J connectivity index is 1.36. The van der Waals surface area contributed by atoms with E-state index >= 15 is 0 Å². The van der Waals surface area contributed by atoms with Crippen molar-refractivity contribution < 1.29 is 36.9 Å². The maximum Gasteiger partial charge on any atom is 0.407 e. The molecular weight excluding hydrogens is 708 g/mol. The van der Waals surface area contributed by atoms with Crippen molar-refractivity contribution in [2.75, 3.05) is 32.1 Å². The van der Waals surface area contributed by atoms with Crippen molar-refractivity contribution >= 4 is 54.8 Å². The minimum absolute atomic E-state index is 0.0243. The van der Waals surface area contributed by atoms with Gasteiger partial charge in [-0.15, -0.1) is 0 Å². The molecule has 1 aromatic heterocycles. The van der Waals surface area contributed by atoms with E-state index in [-0.39, 0.29) is 49.1 Å². The Morgan fingerprint density at radius 1 is 1.17 bits per heavy atom. The lowest BCUT2D eigenvalue weighted by Crippen LogP contribution is -2.51. The molecular formula is C34H45BrN2O8S2. The average Bonchev–Trinajstić information content (AvgIpc) is 3.74. The number of nitrogens with one attached hydrogen (secondary N) is 1. The summed E-state index contributed by atoms with van der Waals surface area (Å²) in [6.45, 7) is 6.75. The summed E-state index contributed by atoms with van der Waals surface area (Å²) in [5, 5.41) is 15.2. The standard InChI is InChI=1S/C34H45BrN2O8S2/c1-4-5-15-46-21-27-26-17-24(11-12-30(26)44-32(27)35)47(40,41)37(18-22(2)3)19-29(38)28(16-23-9-7-6-8-10-23)36-34(39)45-31-20-43-33-25(31)13-14-42-33/h6-12,17,22,25,28-29,31,33,38H,4-5,13-16,18-21H2,1-3H3,(H,36,39)/t25-,28-,29+,31?,33+/m0/s1.